The van der Waals surface area contributed by atoms with Crippen LogP contribution in [0.4, 0.5) is 0 Å². The lowest BCUT2D eigenvalue weighted by Crippen LogP contribution is -2.21. The molecule has 1 rings (SSSR count). The van der Waals surface area contributed by atoms with Gasteiger partial charge in [-0.3, -0.25) is 10.2 Å². The van der Waals surface area contributed by atoms with Crippen molar-refractivity contribution in [2.75, 3.05) is 0 Å². The molecule has 1 aromatic carbocycles. The van der Waals surface area contributed by atoms with Crippen LogP contribution in [0.15, 0.2) is 24.3 Å². The summed E-state index contributed by atoms with van der Waals surface area (Å²) in [5.74, 6) is 0.0878. The molecule has 0 bridgehead atoms. The summed E-state index contributed by atoms with van der Waals surface area (Å²) in [6, 6.07) is 7.25. The summed E-state index contributed by atoms with van der Waals surface area (Å²) in [6.07, 6.45) is 0.492. The Morgan fingerprint density at radius 1 is 1.40 bits per heavy atom. The SMILES string of the molecule is CCC(=O)NCc1ccc(C(=N)N)cc1. The number of carbonyl (C=O) groups is 1. The summed E-state index contributed by atoms with van der Waals surface area (Å²) in [5.41, 5.74) is 7.02. The van der Waals surface area contributed by atoms with Crippen LogP contribution in [-0.4, -0.2) is 11.7 Å². The van der Waals surface area contributed by atoms with Gasteiger partial charge in [0.1, 0.15) is 5.84 Å². The highest BCUT2D eigenvalue weighted by Crippen LogP contribution is 2.03. The Morgan fingerprint density at radius 3 is 2.47 bits per heavy atom. The lowest BCUT2D eigenvalue weighted by molar-refractivity contribution is -0.120. The van der Waals surface area contributed by atoms with Gasteiger partial charge in [0, 0.05) is 18.5 Å². The van der Waals surface area contributed by atoms with Gasteiger partial charge < -0.3 is 11.1 Å². The number of nitrogens with two attached hydrogens (primary N) is 1. The molecule has 4 heteroatoms. The van der Waals surface area contributed by atoms with Crippen molar-refractivity contribution in [2.45, 2.75) is 19.9 Å². The van der Waals surface area contributed by atoms with E-state index in [2.05, 4.69) is 5.32 Å². The molecule has 0 unspecified atom stereocenters. The highest BCUT2D eigenvalue weighted by atomic mass is 16.1. The molecule has 0 aromatic heterocycles. The first-order chi connectivity index (χ1) is 7.13. The first-order valence-electron chi connectivity index (χ1n) is 4.83. The highest BCUT2D eigenvalue weighted by molar-refractivity contribution is 5.94. The van der Waals surface area contributed by atoms with E-state index < -0.39 is 0 Å². The third-order valence-electron chi connectivity index (χ3n) is 2.08. The van der Waals surface area contributed by atoms with Gasteiger partial charge in [0.15, 0.2) is 0 Å². The molecule has 0 aliphatic rings. The fourth-order valence-electron chi connectivity index (χ4n) is 1.13. The molecule has 4 nitrogen and oxygen atoms in total. The van der Waals surface area contributed by atoms with Gasteiger partial charge in [-0.1, -0.05) is 31.2 Å². The van der Waals surface area contributed by atoms with Crippen LogP contribution < -0.4 is 11.1 Å². The molecule has 0 heterocycles. The van der Waals surface area contributed by atoms with Gasteiger partial charge in [0.2, 0.25) is 5.91 Å². The standard InChI is InChI=1S/C11H15N3O/c1-2-10(15)14-7-8-3-5-9(6-4-8)11(12)13/h3-6H,2,7H2,1H3,(H3,12,13)(H,14,15). The quantitative estimate of drug-likeness (QED) is 0.506. The minimum atomic E-state index is 0.0330. The smallest absolute Gasteiger partial charge is 0.219 e. The van der Waals surface area contributed by atoms with E-state index in [4.69, 9.17) is 11.1 Å². The molecule has 0 saturated heterocycles. The van der Waals surface area contributed by atoms with E-state index in [1.807, 2.05) is 19.1 Å². The zero-order valence-corrected chi connectivity index (χ0v) is 8.71. The van der Waals surface area contributed by atoms with E-state index in [9.17, 15) is 4.79 Å². The predicted octanol–water partition coefficient (Wildman–Crippen LogP) is 0.997. The van der Waals surface area contributed by atoms with Crippen LogP contribution in [0.3, 0.4) is 0 Å². The Kier molecular flexibility index (Phi) is 3.85. The number of hydrogen-bond acceptors (Lipinski definition) is 2. The Labute approximate surface area is 89.0 Å². The first kappa shape index (κ1) is 11.2. The van der Waals surface area contributed by atoms with Crippen molar-refractivity contribution < 1.29 is 4.79 Å². The molecule has 0 spiro atoms. The molecule has 0 aliphatic heterocycles. The zero-order valence-electron chi connectivity index (χ0n) is 8.71. The topological polar surface area (TPSA) is 79.0 Å². The van der Waals surface area contributed by atoms with Crippen LogP contribution in [0.1, 0.15) is 24.5 Å². The molecule has 80 valence electrons. The van der Waals surface area contributed by atoms with E-state index in [0.29, 0.717) is 18.5 Å². The molecule has 0 radical (unpaired) electrons. The fourth-order valence-corrected chi connectivity index (χ4v) is 1.13. The average molecular weight is 205 g/mol. The first-order valence-corrected chi connectivity index (χ1v) is 4.83. The minimum Gasteiger partial charge on any atom is -0.384 e. The number of benzene rings is 1. The normalized spacial score (nSPS) is 9.67. The third-order valence-corrected chi connectivity index (χ3v) is 2.08. The molecular weight excluding hydrogens is 190 g/mol. The van der Waals surface area contributed by atoms with Crippen LogP contribution in [0.2, 0.25) is 0 Å². The highest BCUT2D eigenvalue weighted by Gasteiger charge is 1.99. The minimum absolute atomic E-state index is 0.0330. The van der Waals surface area contributed by atoms with Crippen molar-refractivity contribution in [1.29, 1.82) is 5.41 Å². The van der Waals surface area contributed by atoms with Crippen LogP contribution in [0.5, 0.6) is 0 Å². The lowest BCUT2D eigenvalue weighted by Gasteiger charge is -2.04. The van der Waals surface area contributed by atoms with Crippen molar-refractivity contribution in [3.05, 3.63) is 35.4 Å². The van der Waals surface area contributed by atoms with Gasteiger partial charge >= 0.3 is 0 Å². The van der Waals surface area contributed by atoms with Gasteiger partial charge in [-0.05, 0) is 5.56 Å². The molecule has 0 fully saturated rings. The van der Waals surface area contributed by atoms with Crippen molar-refractivity contribution in [2.24, 2.45) is 5.73 Å². The summed E-state index contributed by atoms with van der Waals surface area (Å²) in [7, 11) is 0. The summed E-state index contributed by atoms with van der Waals surface area (Å²) >= 11 is 0. The third kappa shape index (κ3) is 3.42. The van der Waals surface area contributed by atoms with E-state index in [1.165, 1.54) is 0 Å². The van der Waals surface area contributed by atoms with Crippen molar-refractivity contribution in [1.82, 2.24) is 5.32 Å². The van der Waals surface area contributed by atoms with Crippen LogP contribution in [0.25, 0.3) is 0 Å². The van der Waals surface area contributed by atoms with Crippen molar-refractivity contribution in [3.8, 4) is 0 Å². The molecule has 0 aliphatic carbocycles. The van der Waals surface area contributed by atoms with Crippen LogP contribution >= 0.6 is 0 Å². The molecule has 4 N–H and O–H groups in total. The number of hydrogen-bond donors (Lipinski definition) is 3. The second-order valence-electron chi connectivity index (χ2n) is 3.24. The maximum Gasteiger partial charge on any atom is 0.219 e. The predicted molar refractivity (Wildman–Crippen MR) is 59.6 cm³/mol. The average Bonchev–Trinajstić information content (AvgIpc) is 2.26. The molecule has 1 amide bonds. The monoisotopic (exact) mass is 205 g/mol. The number of nitrogen functional groups attached to an aromatic ring is 1. The van der Waals surface area contributed by atoms with E-state index in [-0.39, 0.29) is 11.7 Å². The van der Waals surface area contributed by atoms with Crippen molar-refractivity contribution >= 4 is 11.7 Å². The number of carbonyl (C=O) groups excluding carboxylic acids is 1. The number of rotatable bonds is 4. The van der Waals surface area contributed by atoms with Crippen molar-refractivity contribution in [3.63, 3.8) is 0 Å². The Morgan fingerprint density at radius 2 is 2.00 bits per heavy atom. The Balaban J connectivity index is 2.57. The Bertz CT molecular complexity index is 357. The fraction of sp³-hybridized carbons (Fsp3) is 0.273. The molecule has 15 heavy (non-hydrogen) atoms. The summed E-state index contributed by atoms with van der Waals surface area (Å²) < 4.78 is 0. The van der Waals surface area contributed by atoms with Crippen LogP contribution in [0, 0.1) is 5.41 Å². The second-order valence-corrected chi connectivity index (χ2v) is 3.24. The van der Waals surface area contributed by atoms with Gasteiger partial charge in [0.05, 0.1) is 0 Å². The van der Waals surface area contributed by atoms with Gasteiger partial charge in [-0.25, -0.2) is 0 Å². The molecule has 1 aromatic rings. The second kappa shape index (κ2) is 5.14. The summed E-state index contributed by atoms with van der Waals surface area (Å²) in [4.78, 5) is 11.0. The Hall–Kier alpha value is -1.84. The number of amides is 1. The number of amidine groups is 1. The maximum atomic E-state index is 11.0. The van der Waals surface area contributed by atoms with E-state index in [1.54, 1.807) is 12.1 Å². The van der Waals surface area contributed by atoms with Gasteiger partial charge in [0.25, 0.3) is 0 Å². The number of nitrogens with one attached hydrogen (secondary N) is 2. The largest absolute Gasteiger partial charge is 0.384 e. The van der Waals surface area contributed by atoms with Gasteiger partial charge in [-0.2, -0.15) is 0 Å². The summed E-state index contributed by atoms with van der Waals surface area (Å²) in [5, 5.41) is 9.99. The summed E-state index contributed by atoms with van der Waals surface area (Å²) in [6.45, 7) is 2.33. The van der Waals surface area contributed by atoms with E-state index >= 15 is 0 Å². The zero-order chi connectivity index (χ0) is 11.3. The molecule has 0 atom stereocenters. The van der Waals surface area contributed by atoms with Crippen LogP contribution in [-0.2, 0) is 11.3 Å². The molecular formula is C11H15N3O. The maximum absolute atomic E-state index is 11.0. The van der Waals surface area contributed by atoms with E-state index in [0.717, 1.165) is 5.56 Å². The van der Waals surface area contributed by atoms with Gasteiger partial charge in [-0.15, -0.1) is 0 Å². The molecule has 0 saturated carbocycles. The lowest BCUT2D eigenvalue weighted by atomic mass is 10.1.